The smallest absolute Gasteiger partial charge is 0.254 e. The molecule has 2 aromatic heterocycles. The van der Waals surface area contributed by atoms with Crippen LogP contribution in [0.4, 0.5) is 23.1 Å². The summed E-state index contributed by atoms with van der Waals surface area (Å²) < 4.78 is 22.7. The minimum atomic E-state index is -3.79. The topological polar surface area (TPSA) is 182 Å². The molecular formula is C18H16N8O3S. The fraction of sp³-hybridized carbons (Fsp3) is 0. The van der Waals surface area contributed by atoms with Crippen molar-refractivity contribution < 1.29 is 13.2 Å². The number of rotatable bonds is 6. The van der Waals surface area contributed by atoms with Crippen molar-refractivity contribution in [3.63, 3.8) is 0 Å². The number of primary sulfonamides is 1. The van der Waals surface area contributed by atoms with E-state index in [0.717, 1.165) is 10.9 Å². The van der Waals surface area contributed by atoms with Crippen molar-refractivity contribution in [2.45, 2.75) is 4.90 Å². The number of aromatic amines is 1. The number of carbonyl (C=O) groups is 1. The molecule has 0 saturated carbocycles. The van der Waals surface area contributed by atoms with Crippen LogP contribution in [0, 0.1) is 0 Å². The Hall–Kier alpha value is -4.03. The van der Waals surface area contributed by atoms with Crippen LogP contribution in [0.5, 0.6) is 0 Å². The highest BCUT2D eigenvalue weighted by molar-refractivity contribution is 7.89. The SMILES string of the molecule is NC(=O)c1cnc(Nc2ccc(S(N)(=O)=O)cc2)nc1Nc1ccc2cn[nH]c2c1. The van der Waals surface area contributed by atoms with Crippen molar-refractivity contribution in [3.8, 4) is 0 Å². The predicted molar refractivity (Wildman–Crippen MR) is 111 cm³/mol. The molecule has 4 rings (SSSR count). The minimum absolute atomic E-state index is 0.0189. The monoisotopic (exact) mass is 424 g/mol. The van der Waals surface area contributed by atoms with Gasteiger partial charge in [-0.25, -0.2) is 18.5 Å². The molecule has 2 aromatic carbocycles. The second-order valence-electron chi connectivity index (χ2n) is 6.31. The van der Waals surface area contributed by atoms with Crippen LogP contribution in [0.15, 0.2) is 59.8 Å². The molecular weight excluding hydrogens is 408 g/mol. The quantitative estimate of drug-likeness (QED) is 0.309. The van der Waals surface area contributed by atoms with Crippen LogP contribution in [0.2, 0.25) is 0 Å². The lowest BCUT2D eigenvalue weighted by molar-refractivity contribution is 0.100. The number of carbonyl (C=O) groups excluding carboxylic acids is 1. The number of sulfonamides is 1. The van der Waals surface area contributed by atoms with Crippen molar-refractivity contribution in [3.05, 3.63) is 60.4 Å². The van der Waals surface area contributed by atoms with E-state index in [1.54, 1.807) is 6.20 Å². The Morgan fingerprint density at radius 3 is 2.43 bits per heavy atom. The van der Waals surface area contributed by atoms with E-state index in [2.05, 4.69) is 30.8 Å². The zero-order chi connectivity index (χ0) is 21.3. The highest BCUT2D eigenvalue weighted by atomic mass is 32.2. The summed E-state index contributed by atoms with van der Waals surface area (Å²) in [5.74, 6) is -0.308. The van der Waals surface area contributed by atoms with Crippen molar-refractivity contribution >= 4 is 50.0 Å². The molecule has 152 valence electrons. The van der Waals surface area contributed by atoms with Crippen LogP contribution in [0.3, 0.4) is 0 Å². The number of fused-ring (bicyclic) bond motifs is 1. The number of nitrogens with two attached hydrogens (primary N) is 2. The maximum absolute atomic E-state index is 11.8. The molecule has 2 heterocycles. The van der Waals surface area contributed by atoms with Gasteiger partial charge in [0.15, 0.2) is 0 Å². The van der Waals surface area contributed by atoms with Gasteiger partial charge in [-0.3, -0.25) is 9.89 Å². The van der Waals surface area contributed by atoms with E-state index < -0.39 is 15.9 Å². The molecule has 12 heteroatoms. The zero-order valence-corrected chi connectivity index (χ0v) is 16.1. The molecule has 0 atom stereocenters. The average molecular weight is 424 g/mol. The lowest BCUT2D eigenvalue weighted by Crippen LogP contribution is -2.15. The summed E-state index contributed by atoms with van der Waals surface area (Å²) >= 11 is 0. The Morgan fingerprint density at radius 1 is 1.00 bits per heavy atom. The summed E-state index contributed by atoms with van der Waals surface area (Å²) in [5, 5.41) is 18.9. The van der Waals surface area contributed by atoms with Crippen LogP contribution in [0.25, 0.3) is 10.9 Å². The van der Waals surface area contributed by atoms with Crippen LogP contribution in [0.1, 0.15) is 10.4 Å². The van der Waals surface area contributed by atoms with E-state index in [1.165, 1.54) is 30.5 Å². The van der Waals surface area contributed by atoms with Crippen molar-refractivity contribution in [1.29, 1.82) is 0 Å². The number of primary amides is 1. The lowest BCUT2D eigenvalue weighted by atomic mass is 10.2. The van der Waals surface area contributed by atoms with Crippen LogP contribution >= 0.6 is 0 Å². The first kappa shape index (κ1) is 19.3. The summed E-state index contributed by atoms with van der Waals surface area (Å²) in [7, 11) is -3.79. The number of benzene rings is 2. The number of aromatic nitrogens is 4. The van der Waals surface area contributed by atoms with Gasteiger partial charge in [0.1, 0.15) is 11.4 Å². The minimum Gasteiger partial charge on any atom is -0.365 e. The maximum Gasteiger partial charge on any atom is 0.254 e. The molecule has 30 heavy (non-hydrogen) atoms. The average Bonchev–Trinajstić information content (AvgIpc) is 3.15. The number of anilines is 4. The standard InChI is InChI=1S/C18H16N8O3S/c19-16(27)14-9-21-18(24-11-3-5-13(6-4-11)30(20,28)29)25-17(14)23-12-2-1-10-8-22-26-15(10)7-12/h1-9H,(H2,19,27)(H,22,26)(H2,20,28,29)(H2,21,23,24,25). The third-order valence-corrected chi connectivity index (χ3v) is 5.13. The molecule has 0 unspecified atom stereocenters. The van der Waals surface area contributed by atoms with Gasteiger partial charge in [-0.2, -0.15) is 10.1 Å². The summed E-state index contributed by atoms with van der Waals surface area (Å²) in [6.45, 7) is 0. The molecule has 0 radical (unpaired) electrons. The normalized spacial score (nSPS) is 11.4. The van der Waals surface area contributed by atoms with E-state index >= 15 is 0 Å². The Kier molecular flexibility index (Phi) is 4.77. The van der Waals surface area contributed by atoms with E-state index in [9.17, 15) is 13.2 Å². The van der Waals surface area contributed by atoms with Crippen molar-refractivity contribution in [2.75, 3.05) is 10.6 Å². The maximum atomic E-state index is 11.8. The van der Waals surface area contributed by atoms with E-state index in [1.807, 2.05) is 18.2 Å². The largest absolute Gasteiger partial charge is 0.365 e. The highest BCUT2D eigenvalue weighted by Gasteiger charge is 2.14. The molecule has 0 aliphatic rings. The van der Waals surface area contributed by atoms with Gasteiger partial charge in [0.2, 0.25) is 16.0 Å². The molecule has 1 amide bonds. The second-order valence-corrected chi connectivity index (χ2v) is 7.87. The van der Waals surface area contributed by atoms with Crippen LogP contribution in [-0.4, -0.2) is 34.5 Å². The van der Waals surface area contributed by atoms with Crippen molar-refractivity contribution in [1.82, 2.24) is 20.2 Å². The Morgan fingerprint density at radius 2 is 1.73 bits per heavy atom. The molecule has 0 saturated heterocycles. The Balaban J connectivity index is 1.63. The number of amides is 1. The first-order valence-corrected chi connectivity index (χ1v) is 10.1. The summed E-state index contributed by atoms with van der Waals surface area (Å²) in [6.07, 6.45) is 3.00. The zero-order valence-electron chi connectivity index (χ0n) is 15.3. The summed E-state index contributed by atoms with van der Waals surface area (Å²) in [6, 6.07) is 11.2. The third-order valence-electron chi connectivity index (χ3n) is 4.20. The Bertz CT molecular complexity index is 1350. The van der Waals surface area contributed by atoms with Gasteiger partial charge in [0.25, 0.3) is 5.91 Å². The molecule has 0 fully saturated rings. The third kappa shape index (κ3) is 4.04. The molecule has 7 N–H and O–H groups in total. The van der Waals surface area contributed by atoms with E-state index in [-0.39, 0.29) is 22.2 Å². The first-order chi connectivity index (χ1) is 14.3. The lowest BCUT2D eigenvalue weighted by Gasteiger charge is -2.12. The second kappa shape index (κ2) is 7.42. The molecule has 0 bridgehead atoms. The molecule has 0 aliphatic heterocycles. The van der Waals surface area contributed by atoms with Gasteiger partial charge in [-0.05, 0) is 42.5 Å². The fourth-order valence-electron chi connectivity index (χ4n) is 2.73. The van der Waals surface area contributed by atoms with E-state index in [0.29, 0.717) is 11.4 Å². The molecule has 0 spiro atoms. The summed E-state index contributed by atoms with van der Waals surface area (Å²) in [4.78, 5) is 20.2. The number of nitrogens with zero attached hydrogens (tertiary/aromatic N) is 3. The van der Waals surface area contributed by atoms with Gasteiger partial charge in [0, 0.05) is 23.0 Å². The van der Waals surface area contributed by atoms with Gasteiger partial charge in [0.05, 0.1) is 16.6 Å². The molecule has 4 aromatic rings. The van der Waals surface area contributed by atoms with Gasteiger partial charge in [-0.1, -0.05) is 0 Å². The van der Waals surface area contributed by atoms with E-state index in [4.69, 9.17) is 10.9 Å². The van der Waals surface area contributed by atoms with Crippen LogP contribution in [-0.2, 0) is 10.0 Å². The van der Waals surface area contributed by atoms with Crippen molar-refractivity contribution in [2.24, 2.45) is 10.9 Å². The number of H-pyrrole nitrogens is 1. The van der Waals surface area contributed by atoms with Crippen LogP contribution < -0.4 is 21.5 Å². The first-order valence-electron chi connectivity index (χ1n) is 8.56. The number of nitrogens with one attached hydrogen (secondary N) is 3. The highest BCUT2D eigenvalue weighted by Crippen LogP contribution is 2.24. The van der Waals surface area contributed by atoms with Gasteiger partial charge < -0.3 is 16.4 Å². The predicted octanol–water partition coefficient (Wildman–Crippen LogP) is 1.59. The van der Waals surface area contributed by atoms with Gasteiger partial charge >= 0.3 is 0 Å². The summed E-state index contributed by atoms with van der Waals surface area (Å²) in [5.41, 5.74) is 7.54. The number of hydrogen-bond donors (Lipinski definition) is 5. The molecule has 0 aliphatic carbocycles. The molecule has 11 nitrogen and oxygen atoms in total. The Labute approximate surface area is 170 Å². The van der Waals surface area contributed by atoms with Gasteiger partial charge in [-0.15, -0.1) is 0 Å². The number of hydrogen-bond acceptors (Lipinski definition) is 8. The fourth-order valence-corrected chi connectivity index (χ4v) is 3.24.